The number of carbonyl (C=O) groups excluding carboxylic acids is 1. The maximum atomic E-state index is 14.0. The van der Waals surface area contributed by atoms with E-state index in [1.54, 1.807) is 37.2 Å². The lowest BCUT2D eigenvalue weighted by molar-refractivity contribution is -0.126. The van der Waals surface area contributed by atoms with Crippen LogP contribution in [0.5, 0.6) is 11.5 Å². The van der Waals surface area contributed by atoms with Crippen LogP contribution in [-0.4, -0.2) is 35.1 Å². The Morgan fingerprint density at radius 1 is 1.22 bits per heavy atom. The van der Waals surface area contributed by atoms with E-state index in [9.17, 15) is 19.4 Å². The van der Waals surface area contributed by atoms with Gasteiger partial charge in [0, 0.05) is 23.7 Å². The standard InChI is InChI=1S/C17H19FN2O3/c1-20(2)16(13-5-3-4-6-14(13)18)17(23)19-10-11-7-8-12(21)9-15(11)22/h3-9,16,21-22H,10H2,1-2H3,(H,19,23)/t16-/m1/s1. The van der Waals surface area contributed by atoms with Crippen LogP contribution in [0.25, 0.3) is 0 Å². The Morgan fingerprint density at radius 3 is 2.52 bits per heavy atom. The van der Waals surface area contributed by atoms with E-state index >= 15 is 0 Å². The molecule has 1 amide bonds. The van der Waals surface area contributed by atoms with Crippen molar-refractivity contribution in [1.82, 2.24) is 10.2 Å². The molecule has 1 atom stereocenters. The zero-order valence-corrected chi connectivity index (χ0v) is 13.0. The van der Waals surface area contributed by atoms with E-state index < -0.39 is 11.9 Å². The molecule has 6 heteroatoms. The third-order valence-corrected chi connectivity index (χ3v) is 3.49. The first-order valence-corrected chi connectivity index (χ1v) is 7.09. The molecule has 5 nitrogen and oxygen atoms in total. The quantitative estimate of drug-likeness (QED) is 0.790. The maximum Gasteiger partial charge on any atom is 0.242 e. The third-order valence-electron chi connectivity index (χ3n) is 3.49. The van der Waals surface area contributed by atoms with E-state index in [1.807, 2.05) is 0 Å². The minimum Gasteiger partial charge on any atom is -0.508 e. The molecule has 0 radical (unpaired) electrons. The van der Waals surface area contributed by atoms with E-state index in [4.69, 9.17) is 0 Å². The van der Waals surface area contributed by atoms with Crippen LogP contribution in [0.3, 0.4) is 0 Å². The Morgan fingerprint density at radius 2 is 1.91 bits per heavy atom. The molecule has 0 unspecified atom stereocenters. The third kappa shape index (κ3) is 3.98. The van der Waals surface area contributed by atoms with Gasteiger partial charge in [-0.25, -0.2) is 4.39 Å². The summed E-state index contributed by atoms with van der Waals surface area (Å²) in [6, 6.07) is 9.46. The number of nitrogens with zero attached hydrogens (tertiary/aromatic N) is 1. The summed E-state index contributed by atoms with van der Waals surface area (Å²) in [5.41, 5.74) is 0.743. The summed E-state index contributed by atoms with van der Waals surface area (Å²) < 4.78 is 14.0. The van der Waals surface area contributed by atoms with Crippen molar-refractivity contribution in [2.75, 3.05) is 14.1 Å². The molecule has 0 saturated heterocycles. The number of halogens is 1. The molecule has 2 rings (SSSR count). The summed E-state index contributed by atoms with van der Waals surface area (Å²) in [6.45, 7) is 0.0732. The lowest BCUT2D eigenvalue weighted by atomic mass is 10.0. The Balaban J connectivity index is 2.15. The predicted molar refractivity (Wildman–Crippen MR) is 84.4 cm³/mol. The fourth-order valence-electron chi connectivity index (χ4n) is 2.33. The summed E-state index contributed by atoms with van der Waals surface area (Å²) in [7, 11) is 3.38. The smallest absolute Gasteiger partial charge is 0.242 e. The largest absolute Gasteiger partial charge is 0.508 e. The van der Waals surface area contributed by atoms with E-state index in [0.29, 0.717) is 5.56 Å². The Bertz CT molecular complexity index is 704. The number of amides is 1. The van der Waals surface area contributed by atoms with Gasteiger partial charge in [0.25, 0.3) is 0 Å². The van der Waals surface area contributed by atoms with Crippen LogP contribution in [0.15, 0.2) is 42.5 Å². The van der Waals surface area contributed by atoms with Crippen molar-refractivity contribution in [2.24, 2.45) is 0 Å². The minimum absolute atomic E-state index is 0.0601. The molecule has 0 fully saturated rings. The van der Waals surface area contributed by atoms with Gasteiger partial charge in [0.1, 0.15) is 23.4 Å². The van der Waals surface area contributed by atoms with Crippen LogP contribution in [0, 0.1) is 5.82 Å². The Hall–Kier alpha value is -2.60. The number of benzene rings is 2. The first kappa shape index (κ1) is 16.8. The lowest BCUT2D eigenvalue weighted by Gasteiger charge is -2.24. The predicted octanol–water partition coefficient (Wildman–Crippen LogP) is 2.16. The number of aromatic hydroxyl groups is 2. The fourth-order valence-corrected chi connectivity index (χ4v) is 2.33. The lowest BCUT2D eigenvalue weighted by Crippen LogP contribution is -2.37. The number of carbonyl (C=O) groups is 1. The number of rotatable bonds is 5. The van der Waals surface area contributed by atoms with Gasteiger partial charge in [0.05, 0.1) is 0 Å². The zero-order chi connectivity index (χ0) is 17.0. The summed E-state index contributed by atoms with van der Waals surface area (Å²) in [5, 5.41) is 21.7. The molecular weight excluding hydrogens is 299 g/mol. The summed E-state index contributed by atoms with van der Waals surface area (Å²) in [5.74, 6) is -1.01. The average Bonchev–Trinajstić information content (AvgIpc) is 2.48. The summed E-state index contributed by atoms with van der Waals surface area (Å²) in [4.78, 5) is 14.1. The molecular formula is C17H19FN2O3. The highest BCUT2D eigenvalue weighted by Crippen LogP contribution is 2.24. The maximum absolute atomic E-state index is 14.0. The van der Waals surface area contributed by atoms with Gasteiger partial charge in [-0.3, -0.25) is 9.69 Å². The first-order valence-electron chi connectivity index (χ1n) is 7.09. The second-order valence-electron chi connectivity index (χ2n) is 5.42. The van der Waals surface area contributed by atoms with Crippen LogP contribution in [-0.2, 0) is 11.3 Å². The number of phenols is 2. The number of phenolic OH excluding ortho intramolecular Hbond substituents is 2. The molecule has 0 spiro atoms. The van der Waals surface area contributed by atoms with Crippen molar-refractivity contribution >= 4 is 5.91 Å². The normalized spacial score (nSPS) is 12.2. The molecule has 0 aliphatic heterocycles. The molecule has 3 N–H and O–H groups in total. The zero-order valence-electron chi connectivity index (χ0n) is 13.0. The van der Waals surface area contributed by atoms with Crippen molar-refractivity contribution in [3.8, 4) is 11.5 Å². The molecule has 0 saturated carbocycles. The Labute approximate surface area is 134 Å². The van der Waals surface area contributed by atoms with Gasteiger partial charge in [0.15, 0.2) is 0 Å². The fraction of sp³-hybridized carbons (Fsp3) is 0.235. The van der Waals surface area contributed by atoms with Crippen LogP contribution in [0.1, 0.15) is 17.2 Å². The summed E-state index contributed by atoms with van der Waals surface area (Å²) in [6.07, 6.45) is 0. The van der Waals surface area contributed by atoms with E-state index in [2.05, 4.69) is 5.32 Å². The molecule has 2 aromatic rings. The van der Waals surface area contributed by atoms with Gasteiger partial charge in [0.2, 0.25) is 5.91 Å². The molecule has 0 bridgehead atoms. The van der Waals surface area contributed by atoms with Gasteiger partial charge in [-0.2, -0.15) is 0 Å². The van der Waals surface area contributed by atoms with Crippen LogP contribution in [0.2, 0.25) is 0 Å². The average molecular weight is 318 g/mol. The van der Waals surface area contributed by atoms with Crippen LogP contribution < -0.4 is 5.32 Å². The van der Waals surface area contributed by atoms with Crippen LogP contribution in [0.4, 0.5) is 4.39 Å². The highest BCUT2D eigenvalue weighted by atomic mass is 19.1. The molecule has 0 heterocycles. The molecule has 0 aliphatic carbocycles. The van der Waals surface area contributed by atoms with Crippen molar-refractivity contribution in [3.63, 3.8) is 0 Å². The van der Waals surface area contributed by atoms with Gasteiger partial charge < -0.3 is 15.5 Å². The number of hydrogen-bond donors (Lipinski definition) is 3. The van der Waals surface area contributed by atoms with Crippen molar-refractivity contribution in [3.05, 3.63) is 59.4 Å². The van der Waals surface area contributed by atoms with Gasteiger partial charge in [-0.1, -0.05) is 18.2 Å². The van der Waals surface area contributed by atoms with Gasteiger partial charge in [-0.05, 0) is 32.3 Å². The van der Waals surface area contributed by atoms with Crippen LogP contribution >= 0.6 is 0 Å². The minimum atomic E-state index is -0.782. The molecule has 0 aliphatic rings. The van der Waals surface area contributed by atoms with Gasteiger partial charge in [-0.15, -0.1) is 0 Å². The van der Waals surface area contributed by atoms with Crippen molar-refractivity contribution < 1.29 is 19.4 Å². The van der Waals surface area contributed by atoms with E-state index in [-0.39, 0.29) is 29.5 Å². The van der Waals surface area contributed by atoms with E-state index in [1.165, 1.54) is 24.3 Å². The molecule has 23 heavy (non-hydrogen) atoms. The monoisotopic (exact) mass is 318 g/mol. The number of nitrogens with one attached hydrogen (secondary N) is 1. The topological polar surface area (TPSA) is 72.8 Å². The molecule has 122 valence electrons. The number of hydrogen-bond acceptors (Lipinski definition) is 4. The molecule has 2 aromatic carbocycles. The Kier molecular flexibility index (Phi) is 5.18. The molecule has 0 aromatic heterocycles. The van der Waals surface area contributed by atoms with Crippen molar-refractivity contribution in [2.45, 2.75) is 12.6 Å². The second-order valence-corrected chi connectivity index (χ2v) is 5.42. The second kappa shape index (κ2) is 7.11. The number of likely N-dealkylation sites (N-methyl/N-ethyl adjacent to an activating group) is 1. The SMILES string of the molecule is CN(C)[C@@H](C(=O)NCc1ccc(O)cc1O)c1ccccc1F. The summed E-state index contributed by atoms with van der Waals surface area (Å²) >= 11 is 0. The highest BCUT2D eigenvalue weighted by molar-refractivity contribution is 5.83. The first-order chi connectivity index (χ1) is 10.9. The van der Waals surface area contributed by atoms with E-state index in [0.717, 1.165) is 0 Å². The highest BCUT2D eigenvalue weighted by Gasteiger charge is 2.25. The van der Waals surface area contributed by atoms with Crippen molar-refractivity contribution in [1.29, 1.82) is 0 Å². The van der Waals surface area contributed by atoms with Gasteiger partial charge >= 0.3 is 0 Å².